The summed E-state index contributed by atoms with van der Waals surface area (Å²) < 4.78 is 1.09. The van der Waals surface area contributed by atoms with E-state index in [1.54, 1.807) is 0 Å². The van der Waals surface area contributed by atoms with E-state index in [1.165, 1.54) is 0 Å². The molecule has 0 fully saturated rings. The molecular weight excluding hydrogens is 315 g/mol. The molecule has 1 amide bonds. The molecule has 0 atom stereocenters. The van der Waals surface area contributed by atoms with Crippen LogP contribution in [0.3, 0.4) is 0 Å². The Hall–Kier alpha value is -0.620. The summed E-state index contributed by atoms with van der Waals surface area (Å²) in [4.78, 5) is 12.0. The Balaban J connectivity index is 2.94. The second-order valence-electron chi connectivity index (χ2n) is 4.45. The third-order valence-corrected chi connectivity index (χ3v) is 3.64. The van der Waals surface area contributed by atoms with Gasteiger partial charge in [0.2, 0.25) is 0 Å². The van der Waals surface area contributed by atoms with E-state index in [0.717, 1.165) is 9.13 Å². The van der Waals surface area contributed by atoms with Gasteiger partial charge in [-0.1, -0.05) is 6.07 Å². The van der Waals surface area contributed by atoms with Crippen LogP contribution in [0.5, 0.6) is 0 Å². The minimum absolute atomic E-state index is 0.0635. The summed E-state index contributed by atoms with van der Waals surface area (Å²) in [6, 6.07) is 5.71. The van der Waals surface area contributed by atoms with Crippen LogP contribution in [0, 0.1) is 10.5 Å². The van der Waals surface area contributed by atoms with Crippen LogP contribution in [-0.4, -0.2) is 18.0 Å². The van der Waals surface area contributed by atoms with Gasteiger partial charge in [0.1, 0.15) is 0 Å². The van der Waals surface area contributed by atoms with Gasteiger partial charge < -0.3 is 11.1 Å². The van der Waals surface area contributed by atoms with E-state index in [9.17, 15) is 4.79 Å². The molecule has 3 nitrogen and oxygen atoms in total. The number of nitrogens with one attached hydrogen (secondary N) is 1. The van der Waals surface area contributed by atoms with Crippen molar-refractivity contribution in [1.29, 1.82) is 0 Å². The van der Waals surface area contributed by atoms with Crippen LogP contribution in [0.2, 0.25) is 0 Å². The Morgan fingerprint density at radius 2 is 2.12 bits per heavy atom. The van der Waals surface area contributed by atoms with Gasteiger partial charge in [-0.15, -0.1) is 0 Å². The van der Waals surface area contributed by atoms with Crippen LogP contribution < -0.4 is 11.1 Å². The molecule has 0 unspecified atom stereocenters. The van der Waals surface area contributed by atoms with Crippen molar-refractivity contribution >= 4 is 28.5 Å². The second kappa shape index (κ2) is 5.14. The van der Waals surface area contributed by atoms with Crippen molar-refractivity contribution in [3.63, 3.8) is 0 Å². The zero-order valence-corrected chi connectivity index (χ0v) is 12.0. The summed E-state index contributed by atoms with van der Waals surface area (Å²) in [5.41, 5.74) is 6.94. The van der Waals surface area contributed by atoms with E-state index in [-0.39, 0.29) is 11.4 Å². The number of hydrogen-bond donors (Lipinski definition) is 2. The second-order valence-corrected chi connectivity index (χ2v) is 5.62. The Kier molecular flexibility index (Phi) is 4.32. The van der Waals surface area contributed by atoms with E-state index in [1.807, 2.05) is 39.0 Å². The van der Waals surface area contributed by atoms with Crippen LogP contribution in [0.25, 0.3) is 0 Å². The Labute approximate surface area is 110 Å². The van der Waals surface area contributed by atoms with E-state index in [0.29, 0.717) is 12.1 Å². The van der Waals surface area contributed by atoms with Gasteiger partial charge in [-0.05, 0) is 61.1 Å². The van der Waals surface area contributed by atoms with Crippen molar-refractivity contribution in [1.82, 2.24) is 5.32 Å². The number of nitrogens with two attached hydrogens (primary N) is 1. The highest BCUT2D eigenvalue weighted by molar-refractivity contribution is 14.1. The number of amides is 1. The smallest absolute Gasteiger partial charge is 0.252 e. The molecule has 1 aromatic carbocycles. The van der Waals surface area contributed by atoms with E-state index < -0.39 is 0 Å². The molecule has 0 aromatic heterocycles. The van der Waals surface area contributed by atoms with Gasteiger partial charge in [0.15, 0.2) is 0 Å². The average Bonchev–Trinajstić information content (AvgIpc) is 2.21. The highest BCUT2D eigenvalue weighted by Crippen LogP contribution is 2.16. The summed E-state index contributed by atoms with van der Waals surface area (Å²) >= 11 is 2.23. The number of carbonyl (C=O) groups is 1. The average molecular weight is 332 g/mol. The molecule has 0 saturated carbocycles. The molecule has 1 aromatic rings. The third-order valence-electron chi connectivity index (χ3n) is 2.47. The van der Waals surface area contributed by atoms with E-state index in [2.05, 4.69) is 27.9 Å². The van der Waals surface area contributed by atoms with Gasteiger partial charge in [0.05, 0.1) is 0 Å². The minimum atomic E-state index is -0.370. The van der Waals surface area contributed by atoms with Gasteiger partial charge in [0, 0.05) is 21.2 Å². The lowest BCUT2D eigenvalue weighted by Gasteiger charge is -2.24. The fourth-order valence-corrected chi connectivity index (χ4v) is 1.78. The van der Waals surface area contributed by atoms with Gasteiger partial charge >= 0.3 is 0 Å². The fraction of sp³-hybridized carbons (Fsp3) is 0.417. The van der Waals surface area contributed by atoms with Crippen LogP contribution in [0.4, 0.5) is 0 Å². The summed E-state index contributed by atoms with van der Waals surface area (Å²) in [7, 11) is 0. The van der Waals surface area contributed by atoms with Crippen molar-refractivity contribution in [2.75, 3.05) is 6.54 Å². The maximum atomic E-state index is 12.0. The molecule has 0 saturated heterocycles. The molecule has 88 valence electrons. The first-order chi connectivity index (χ1) is 7.37. The first-order valence-electron chi connectivity index (χ1n) is 5.15. The molecule has 0 spiro atoms. The molecule has 3 N–H and O–H groups in total. The maximum Gasteiger partial charge on any atom is 0.252 e. The molecule has 0 aliphatic carbocycles. The normalized spacial score (nSPS) is 11.3. The topological polar surface area (TPSA) is 55.1 Å². The molecule has 0 aliphatic heterocycles. The zero-order chi connectivity index (χ0) is 12.3. The highest BCUT2D eigenvalue weighted by Gasteiger charge is 2.20. The number of hydrogen-bond acceptors (Lipinski definition) is 2. The van der Waals surface area contributed by atoms with Crippen LogP contribution in [0.15, 0.2) is 18.2 Å². The molecule has 4 heteroatoms. The fourth-order valence-electron chi connectivity index (χ4n) is 1.28. The molecule has 16 heavy (non-hydrogen) atoms. The zero-order valence-electron chi connectivity index (χ0n) is 9.80. The first-order valence-corrected chi connectivity index (χ1v) is 6.23. The Morgan fingerprint density at radius 3 is 2.69 bits per heavy atom. The molecule has 1 rings (SSSR count). The van der Waals surface area contributed by atoms with Crippen molar-refractivity contribution < 1.29 is 4.79 Å². The Morgan fingerprint density at radius 1 is 1.50 bits per heavy atom. The Bertz CT molecular complexity index is 402. The van der Waals surface area contributed by atoms with Gasteiger partial charge in [-0.3, -0.25) is 4.79 Å². The number of benzene rings is 1. The van der Waals surface area contributed by atoms with Gasteiger partial charge in [-0.2, -0.15) is 0 Å². The summed E-state index contributed by atoms with van der Waals surface area (Å²) in [6.45, 7) is 6.19. The monoisotopic (exact) mass is 332 g/mol. The predicted molar refractivity (Wildman–Crippen MR) is 74.5 cm³/mol. The summed E-state index contributed by atoms with van der Waals surface area (Å²) in [5.74, 6) is -0.0635. The van der Waals surface area contributed by atoms with Gasteiger partial charge in [0.25, 0.3) is 5.91 Å². The summed E-state index contributed by atoms with van der Waals surface area (Å²) in [6.07, 6.45) is 0. The molecule has 0 bridgehead atoms. The SMILES string of the molecule is Cc1c(I)cccc1C(=O)NC(C)(C)CN. The lowest BCUT2D eigenvalue weighted by atomic mass is 10.0. The predicted octanol–water partition coefficient (Wildman–Crippen LogP) is 2.07. The largest absolute Gasteiger partial charge is 0.346 e. The van der Waals surface area contributed by atoms with E-state index in [4.69, 9.17) is 5.73 Å². The third kappa shape index (κ3) is 3.18. The molecule has 0 aliphatic rings. The van der Waals surface area contributed by atoms with E-state index >= 15 is 0 Å². The highest BCUT2D eigenvalue weighted by atomic mass is 127. The minimum Gasteiger partial charge on any atom is -0.346 e. The number of halogens is 1. The molecule has 0 radical (unpaired) electrons. The van der Waals surface area contributed by atoms with Crippen molar-refractivity contribution in [3.05, 3.63) is 32.9 Å². The maximum absolute atomic E-state index is 12.0. The standard InChI is InChI=1S/C12H17IN2O/c1-8-9(5-4-6-10(8)13)11(16)15-12(2,3)7-14/h4-6H,7,14H2,1-3H3,(H,15,16). The number of rotatable bonds is 3. The molecule has 0 heterocycles. The first kappa shape index (κ1) is 13.4. The quantitative estimate of drug-likeness (QED) is 0.833. The van der Waals surface area contributed by atoms with Crippen LogP contribution >= 0.6 is 22.6 Å². The summed E-state index contributed by atoms with van der Waals surface area (Å²) in [5, 5.41) is 2.92. The van der Waals surface area contributed by atoms with Crippen LogP contribution in [-0.2, 0) is 0 Å². The van der Waals surface area contributed by atoms with Crippen molar-refractivity contribution in [2.45, 2.75) is 26.3 Å². The molecular formula is C12H17IN2O. The van der Waals surface area contributed by atoms with Crippen molar-refractivity contribution in [2.24, 2.45) is 5.73 Å². The number of carbonyl (C=O) groups excluding carboxylic acids is 1. The lowest BCUT2D eigenvalue weighted by Crippen LogP contribution is -2.49. The van der Waals surface area contributed by atoms with Crippen LogP contribution in [0.1, 0.15) is 29.8 Å². The lowest BCUT2D eigenvalue weighted by molar-refractivity contribution is 0.0915. The van der Waals surface area contributed by atoms with Gasteiger partial charge in [-0.25, -0.2) is 0 Å². The van der Waals surface area contributed by atoms with Crippen molar-refractivity contribution in [3.8, 4) is 0 Å².